The lowest BCUT2D eigenvalue weighted by molar-refractivity contribution is 0.0949. The number of nitrogens with zero attached hydrogens (tertiary/aromatic N) is 5. The molecule has 2 fully saturated rings. The number of hydrogen-bond donors (Lipinski definition) is 1. The molecule has 0 bridgehead atoms. The average molecular weight is 589 g/mol. The highest BCUT2D eigenvalue weighted by Gasteiger charge is 2.34. The molecule has 0 aliphatic carbocycles. The normalized spacial score (nSPS) is 19.6. The van der Waals surface area contributed by atoms with Crippen molar-refractivity contribution < 1.29 is 13.9 Å². The van der Waals surface area contributed by atoms with Crippen molar-refractivity contribution in [1.82, 2.24) is 24.8 Å². The quantitative estimate of drug-likeness (QED) is 0.302. The van der Waals surface area contributed by atoms with E-state index in [4.69, 9.17) is 16.3 Å². The van der Waals surface area contributed by atoms with Crippen LogP contribution in [-0.2, 0) is 0 Å². The Labute approximate surface area is 246 Å². The van der Waals surface area contributed by atoms with E-state index in [2.05, 4.69) is 27.2 Å². The lowest BCUT2D eigenvalue weighted by atomic mass is 10.0. The van der Waals surface area contributed by atoms with Gasteiger partial charge < -0.3 is 24.4 Å². The fourth-order valence-electron chi connectivity index (χ4n) is 6.56. The van der Waals surface area contributed by atoms with Crippen molar-refractivity contribution in [3.8, 4) is 17.2 Å². The average Bonchev–Trinajstić information content (AvgIpc) is 3.64. The number of aromatic nitrogens is 3. The minimum Gasteiger partial charge on any atom is -0.451 e. The van der Waals surface area contributed by atoms with Crippen LogP contribution >= 0.6 is 11.6 Å². The maximum atomic E-state index is 16.1. The number of pyridine rings is 1. The summed E-state index contributed by atoms with van der Waals surface area (Å²) in [6, 6.07) is 6.78. The number of carbonyl (C=O) groups excluding carboxylic acids is 1. The van der Waals surface area contributed by atoms with Gasteiger partial charge in [0.25, 0.3) is 5.91 Å². The molecule has 2 aromatic heterocycles. The molecule has 2 unspecified atom stereocenters. The molecule has 0 saturated carbocycles. The second kappa shape index (κ2) is 10.7. The predicted octanol–water partition coefficient (Wildman–Crippen LogP) is 4.89. The third kappa shape index (κ3) is 4.59. The zero-order chi connectivity index (χ0) is 29.0. The maximum Gasteiger partial charge on any atom is 0.256 e. The summed E-state index contributed by atoms with van der Waals surface area (Å²) in [5.74, 6) is -0.359. The molecular weight excluding hydrogens is 559 g/mol. The van der Waals surface area contributed by atoms with Gasteiger partial charge in [-0.25, -0.2) is 4.39 Å². The van der Waals surface area contributed by atoms with Gasteiger partial charge in [-0.2, -0.15) is 0 Å². The maximum absolute atomic E-state index is 16.1. The van der Waals surface area contributed by atoms with Crippen LogP contribution in [0.4, 0.5) is 10.1 Å². The molecule has 2 saturated heterocycles. The molecular formula is C31H30ClFN6O3. The van der Waals surface area contributed by atoms with Crippen molar-refractivity contribution in [3.63, 3.8) is 0 Å². The van der Waals surface area contributed by atoms with Crippen molar-refractivity contribution in [2.75, 3.05) is 38.1 Å². The molecule has 7 rings (SSSR count). The van der Waals surface area contributed by atoms with Gasteiger partial charge in [-0.15, -0.1) is 0 Å². The molecule has 0 radical (unpaired) electrons. The second-order valence-corrected chi connectivity index (χ2v) is 11.7. The number of nitrogens with one attached hydrogen (secondary N) is 1. The first-order valence-electron chi connectivity index (χ1n) is 14.3. The summed E-state index contributed by atoms with van der Waals surface area (Å²) in [4.78, 5) is 39.9. The Hall–Kier alpha value is -4.02. The van der Waals surface area contributed by atoms with Crippen molar-refractivity contribution in [2.24, 2.45) is 0 Å². The fraction of sp³-hybridized carbons (Fsp3) is 0.355. The number of carbonyl (C=O) groups is 1. The molecule has 2 aromatic carbocycles. The minimum atomic E-state index is -0.590. The van der Waals surface area contributed by atoms with Crippen LogP contribution in [0.15, 0.2) is 53.8 Å². The topological polar surface area (TPSA) is 92.6 Å². The number of hydrogen-bond acceptors (Lipinski definition) is 7. The third-order valence-electron chi connectivity index (χ3n) is 8.75. The number of halogens is 2. The van der Waals surface area contributed by atoms with E-state index >= 15 is 4.39 Å². The molecule has 11 heteroatoms. The van der Waals surface area contributed by atoms with Gasteiger partial charge in [0.05, 0.1) is 16.8 Å². The van der Waals surface area contributed by atoms with Crippen LogP contribution in [0, 0.1) is 5.82 Å². The Morgan fingerprint density at radius 1 is 1.21 bits per heavy atom. The van der Waals surface area contributed by atoms with Crippen molar-refractivity contribution in [2.45, 2.75) is 37.6 Å². The van der Waals surface area contributed by atoms with Crippen LogP contribution in [0.1, 0.15) is 47.7 Å². The summed E-state index contributed by atoms with van der Waals surface area (Å²) in [5.41, 5.74) is 1.55. The smallest absolute Gasteiger partial charge is 0.256 e. The minimum absolute atomic E-state index is 0.0490. The van der Waals surface area contributed by atoms with E-state index in [0.717, 1.165) is 37.9 Å². The van der Waals surface area contributed by atoms with Gasteiger partial charge in [-0.05, 0) is 57.5 Å². The summed E-state index contributed by atoms with van der Waals surface area (Å²) in [7, 11) is 2.09. The van der Waals surface area contributed by atoms with E-state index in [-0.39, 0.29) is 28.3 Å². The van der Waals surface area contributed by atoms with Crippen molar-refractivity contribution in [1.29, 1.82) is 0 Å². The number of fused-ring (bicyclic) bond motifs is 2. The predicted molar refractivity (Wildman–Crippen MR) is 159 cm³/mol. The molecule has 1 N–H and O–H groups in total. The number of rotatable bonds is 6. The number of anilines is 1. The molecule has 3 aliphatic rings. The van der Waals surface area contributed by atoms with Gasteiger partial charge in [-0.3, -0.25) is 19.6 Å². The van der Waals surface area contributed by atoms with Gasteiger partial charge in [0.15, 0.2) is 17.3 Å². The molecule has 1 amide bonds. The van der Waals surface area contributed by atoms with Crippen molar-refractivity contribution in [3.05, 3.63) is 81.4 Å². The highest BCUT2D eigenvalue weighted by atomic mass is 35.5. The van der Waals surface area contributed by atoms with Crippen molar-refractivity contribution >= 4 is 34.1 Å². The number of benzene rings is 2. The Morgan fingerprint density at radius 2 is 2.10 bits per heavy atom. The van der Waals surface area contributed by atoms with E-state index in [0.29, 0.717) is 47.7 Å². The molecule has 4 aromatic rings. The second-order valence-electron chi connectivity index (χ2n) is 11.3. The van der Waals surface area contributed by atoms with Crippen LogP contribution < -0.4 is 20.4 Å². The summed E-state index contributed by atoms with van der Waals surface area (Å²) >= 11 is 6.32. The summed E-state index contributed by atoms with van der Waals surface area (Å²) < 4.78 is 24.1. The highest BCUT2D eigenvalue weighted by molar-refractivity contribution is 6.30. The SMILES string of the molecule is CN1CCCC1CCNC(=O)c1cn2c3c(c(N4CCC(c5cnccn5)C4)c(F)cc3c1=O)Oc1cc(Cl)ccc1-2. The Balaban J connectivity index is 1.30. The Morgan fingerprint density at radius 3 is 2.88 bits per heavy atom. The zero-order valence-corrected chi connectivity index (χ0v) is 23.9. The van der Waals surface area contributed by atoms with Gasteiger partial charge in [-0.1, -0.05) is 11.6 Å². The van der Waals surface area contributed by atoms with E-state index in [1.54, 1.807) is 41.4 Å². The number of likely N-dealkylation sites (tertiary alicyclic amines) is 1. The Bertz CT molecular complexity index is 1760. The monoisotopic (exact) mass is 588 g/mol. The largest absolute Gasteiger partial charge is 0.451 e. The molecule has 5 heterocycles. The van der Waals surface area contributed by atoms with Crippen LogP contribution in [0.3, 0.4) is 0 Å². The molecule has 0 spiro atoms. The third-order valence-corrected chi connectivity index (χ3v) is 8.98. The summed E-state index contributed by atoms with van der Waals surface area (Å²) in [6.45, 7) is 2.58. The first kappa shape index (κ1) is 26.9. The standard InChI is InChI=1S/C31H30ClFN6O3/c1-37-11-2-3-20(37)6-8-36-31(41)22-17-39-25-5-4-19(32)13-26(25)42-30-27(39)21(29(22)40)14-23(33)28(30)38-12-7-18(16-38)24-15-34-9-10-35-24/h4-5,9-10,13-15,17-18,20H,2-3,6-8,11-12,16H2,1H3,(H,36,41). The molecule has 9 nitrogen and oxygen atoms in total. The molecule has 216 valence electrons. The van der Waals surface area contributed by atoms with E-state index < -0.39 is 17.2 Å². The van der Waals surface area contributed by atoms with E-state index in [1.807, 2.05) is 4.90 Å². The van der Waals surface area contributed by atoms with Gasteiger partial charge in [0.1, 0.15) is 16.8 Å². The van der Waals surface area contributed by atoms with Gasteiger partial charge in [0, 0.05) is 67.5 Å². The highest BCUT2D eigenvalue weighted by Crippen LogP contribution is 2.48. The van der Waals surface area contributed by atoms with Crippen LogP contribution in [0.2, 0.25) is 5.02 Å². The molecule has 42 heavy (non-hydrogen) atoms. The van der Waals surface area contributed by atoms with Gasteiger partial charge in [0.2, 0.25) is 5.43 Å². The summed E-state index contributed by atoms with van der Waals surface area (Å²) in [5, 5.41) is 3.45. The van der Waals surface area contributed by atoms with Crippen LogP contribution in [0.5, 0.6) is 11.5 Å². The first-order valence-corrected chi connectivity index (χ1v) is 14.7. The molecule has 2 atom stereocenters. The van der Waals surface area contributed by atoms with Gasteiger partial charge >= 0.3 is 0 Å². The zero-order valence-electron chi connectivity index (χ0n) is 23.1. The lowest BCUT2D eigenvalue weighted by Crippen LogP contribution is -2.34. The number of amides is 1. The van der Waals surface area contributed by atoms with E-state index in [9.17, 15) is 9.59 Å². The first-order chi connectivity index (χ1) is 20.4. The summed E-state index contributed by atoms with van der Waals surface area (Å²) in [6.07, 6.45) is 10.4. The Kier molecular flexibility index (Phi) is 6.82. The van der Waals surface area contributed by atoms with E-state index in [1.165, 1.54) is 12.3 Å². The fourth-order valence-corrected chi connectivity index (χ4v) is 6.72. The number of ether oxygens (including phenoxy) is 1. The van der Waals surface area contributed by atoms with Crippen LogP contribution in [0.25, 0.3) is 16.6 Å². The molecule has 3 aliphatic heterocycles. The lowest BCUT2D eigenvalue weighted by Gasteiger charge is -2.29. The van der Waals surface area contributed by atoms with Crippen LogP contribution in [-0.4, -0.2) is 64.6 Å².